The van der Waals surface area contributed by atoms with E-state index in [4.69, 9.17) is 14.2 Å². The number of nitrogens with zero attached hydrogens (tertiary/aromatic N) is 1. The highest BCUT2D eigenvalue weighted by molar-refractivity contribution is 6.10. The van der Waals surface area contributed by atoms with Gasteiger partial charge in [-0.3, -0.25) is 4.79 Å². The van der Waals surface area contributed by atoms with Crippen LogP contribution in [0.2, 0.25) is 0 Å². The predicted octanol–water partition coefficient (Wildman–Crippen LogP) is 4.82. The molecule has 0 saturated heterocycles. The summed E-state index contributed by atoms with van der Waals surface area (Å²) in [6.45, 7) is 2.21. The maximum absolute atomic E-state index is 13.2. The third-order valence-electron chi connectivity index (χ3n) is 5.55. The van der Waals surface area contributed by atoms with Gasteiger partial charge in [0.2, 0.25) is 11.5 Å². The van der Waals surface area contributed by atoms with Gasteiger partial charge in [0.15, 0.2) is 5.78 Å². The van der Waals surface area contributed by atoms with E-state index >= 15 is 0 Å². The van der Waals surface area contributed by atoms with Gasteiger partial charge in [-0.25, -0.2) is 14.6 Å². The van der Waals surface area contributed by atoms with Crippen molar-refractivity contribution in [2.45, 2.75) is 63.8 Å². The van der Waals surface area contributed by atoms with Gasteiger partial charge < -0.3 is 18.9 Å². The Labute approximate surface area is 205 Å². The van der Waals surface area contributed by atoms with Gasteiger partial charge in [0.05, 0.1) is 12.7 Å². The Morgan fingerprint density at radius 1 is 0.972 bits per heavy atom. The highest BCUT2D eigenvalue weighted by Gasteiger charge is 2.45. The molecule has 1 saturated carbocycles. The van der Waals surface area contributed by atoms with Crippen molar-refractivity contribution in [3.8, 4) is 17.4 Å². The SMILES string of the molecule is COc1ccc(C(=O)c2ccc(OC3CCCCC3)nc2)c(OC(C)(C)C(=O)OC(=O)C(F)(F)F)c1. The Morgan fingerprint density at radius 3 is 2.25 bits per heavy atom. The molecule has 0 unspecified atom stereocenters. The summed E-state index contributed by atoms with van der Waals surface area (Å²) in [7, 11) is 1.36. The lowest BCUT2D eigenvalue weighted by Gasteiger charge is -2.25. The number of carbonyl (C=O) groups is 3. The zero-order valence-corrected chi connectivity index (χ0v) is 20.0. The van der Waals surface area contributed by atoms with Crippen LogP contribution in [0.5, 0.6) is 17.4 Å². The topological polar surface area (TPSA) is 101 Å². The number of hydrogen-bond acceptors (Lipinski definition) is 8. The van der Waals surface area contributed by atoms with E-state index < -0.39 is 29.5 Å². The van der Waals surface area contributed by atoms with E-state index in [1.165, 1.54) is 44.0 Å². The van der Waals surface area contributed by atoms with Crippen LogP contribution < -0.4 is 14.2 Å². The van der Waals surface area contributed by atoms with Gasteiger partial charge in [0.1, 0.15) is 17.6 Å². The maximum atomic E-state index is 13.2. The number of aromatic nitrogens is 1. The Kier molecular flexibility index (Phi) is 8.21. The molecule has 1 aliphatic rings. The molecule has 0 N–H and O–H groups in total. The third-order valence-corrected chi connectivity index (χ3v) is 5.55. The van der Waals surface area contributed by atoms with Crippen molar-refractivity contribution < 1.29 is 46.5 Å². The molecule has 0 amide bonds. The zero-order valence-electron chi connectivity index (χ0n) is 20.0. The summed E-state index contributed by atoms with van der Waals surface area (Å²) in [6.07, 6.45) is 1.33. The van der Waals surface area contributed by atoms with Crippen LogP contribution in [0, 0.1) is 0 Å². The van der Waals surface area contributed by atoms with Crippen LogP contribution in [0.3, 0.4) is 0 Å². The molecule has 8 nitrogen and oxygen atoms in total. The molecule has 0 aliphatic heterocycles. The third kappa shape index (κ3) is 6.73. The molecular weight excluding hydrogens is 483 g/mol. The van der Waals surface area contributed by atoms with Crippen LogP contribution in [0.15, 0.2) is 36.5 Å². The maximum Gasteiger partial charge on any atom is 0.491 e. The van der Waals surface area contributed by atoms with Crippen molar-refractivity contribution in [2.24, 2.45) is 0 Å². The van der Waals surface area contributed by atoms with Gasteiger partial charge in [-0.2, -0.15) is 13.2 Å². The van der Waals surface area contributed by atoms with E-state index in [0.29, 0.717) is 5.88 Å². The fourth-order valence-corrected chi connectivity index (χ4v) is 3.58. The standard InChI is InChI=1S/C25H26F3NO7/c1-24(2,22(31)35-23(32)25(26,27)28)36-19-13-17(33-3)10-11-18(19)21(30)15-9-12-20(29-14-15)34-16-7-5-4-6-8-16/h9-14,16H,4-8H2,1-3H3. The van der Waals surface area contributed by atoms with Crippen LogP contribution in [-0.2, 0) is 14.3 Å². The summed E-state index contributed by atoms with van der Waals surface area (Å²) in [5.41, 5.74) is -1.88. The molecule has 1 aromatic heterocycles. The monoisotopic (exact) mass is 509 g/mol. The first kappa shape index (κ1) is 27.0. The lowest BCUT2D eigenvalue weighted by molar-refractivity contribution is -0.206. The minimum atomic E-state index is -5.36. The normalized spacial score (nSPS) is 14.6. The number of pyridine rings is 1. The highest BCUT2D eigenvalue weighted by atomic mass is 19.4. The van der Waals surface area contributed by atoms with Crippen molar-refractivity contribution in [1.82, 2.24) is 4.98 Å². The Balaban J connectivity index is 1.81. The Bertz CT molecular complexity index is 1110. The average Bonchev–Trinajstić information content (AvgIpc) is 2.83. The quantitative estimate of drug-likeness (QED) is 0.284. The van der Waals surface area contributed by atoms with Gasteiger partial charge in [0, 0.05) is 23.9 Å². The highest BCUT2D eigenvalue weighted by Crippen LogP contribution is 2.31. The number of rotatable bonds is 8. The van der Waals surface area contributed by atoms with Crippen LogP contribution in [0.4, 0.5) is 13.2 Å². The number of alkyl halides is 3. The molecule has 36 heavy (non-hydrogen) atoms. The number of ether oxygens (including phenoxy) is 4. The summed E-state index contributed by atoms with van der Waals surface area (Å²) >= 11 is 0. The fraction of sp³-hybridized carbons (Fsp3) is 0.440. The number of esters is 2. The molecule has 0 spiro atoms. The molecule has 1 fully saturated rings. The molecule has 3 rings (SSSR count). The molecule has 194 valence electrons. The zero-order chi connectivity index (χ0) is 26.5. The van der Waals surface area contributed by atoms with Crippen LogP contribution in [-0.4, -0.2) is 47.7 Å². The summed E-state index contributed by atoms with van der Waals surface area (Å²) < 4.78 is 58.0. The molecule has 0 atom stereocenters. The first-order valence-corrected chi connectivity index (χ1v) is 11.3. The van der Waals surface area contributed by atoms with Crippen LogP contribution in [0.1, 0.15) is 61.9 Å². The second-order valence-corrected chi connectivity index (χ2v) is 8.74. The number of methoxy groups -OCH3 is 1. The minimum Gasteiger partial charge on any atom is -0.497 e. The first-order chi connectivity index (χ1) is 16.9. The van der Waals surface area contributed by atoms with E-state index in [-0.39, 0.29) is 28.7 Å². The van der Waals surface area contributed by atoms with Gasteiger partial charge in [0.25, 0.3) is 0 Å². The van der Waals surface area contributed by atoms with E-state index in [9.17, 15) is 27.6 Å². The van der Waals surface area contributed by atoms with E-state index in [2.05, 4.69) is 9.72 Å². The second-order valence-electron chi connectivity index (χ2n) is 8.74. The number of benzene rings is 1. The molecule has 0 radical (unpaired) electrons. The summed E-state index contributed by atoms with van der Waals surface area (Å²) in [6, 6.07) is 7.26. The fourth-order valence-electron chi connectivity index (χ4n) is 3.58. The minimum absolute atomic E-state index is 0.0124. The van der Waals surface area contributed by atoms with E-state index in [1.807, 2.05) is 0 Å². The first-order valence-electron chi connectivity index (χ1n) is 11.3. The summed E-state index contributed by atoms with van der Waals surface area (Å²) in [5.74, 6) is -4.30. The largest absolute Gasteiger partial charge is 0.497 e. The number of hydrogen-bond donors (Lipinski definition) is 0. The van der Waals surface area contributed by atoms with Gasteiger partial charge in [-0.1, -0.05) is 6.42 Å². The number of ketones is 1. The predicted molar refractivity (Wildman–Crippen MR) is 120 cm³/mol. The van der Waals surface area contributed by atoms with Crippen molar-refractivity contribution >= 4 is 17.7 Å². The average molecular weight is 509 g/mol. The summed E-state index contributed by atoms with van der Waals surface area (Å²) in [5, 5.41) is 0. The lowest BCUT2D eigenvalue weighted by Crippen LogP contribution is -2.43. The molecular formula is C25H26F3NO7. The van der Waals surface area contributed by atoms with Crippen molar-refractivity contribution in [2.75, 3.05) is 7.11 Å². The smallest absolute Gasteiger partial charge is 0.491 e. The van der Waals surface area contributed by atoms with Crippen LogP contribution in [0.25, 0.3) is 0 Å². The van der Waals surface area contributed by atoms with E-state index in [0.717, 1.165) is 39.5 Å². The van der Waals surface area contributed by atoms with Gasteiger partial charge >= 0.3 is 18.1 Å². The van der Waals surface area contributed by atoms with Gasteiger partial charge in [-0.05, 0) is 57.7 Å². The Morgan fingerprint density at radius 2 is 1.67 bits per heavy atom. The Hall–Kier alpha value is -3.63. The second kappa shape index (κ2) is 11.0. The summed E-state index contributed by atoms with van der Waals surface area (Å²) in [4.78, 5) is 40.7. The van der Waals surface area contributed by atoms with Crippen molar-refractivity contribution in [3.05, 3.63) is 47.7 Å². The van der Waals surface area contributed by atoms with Crippen molar-refractivity contribution in [3.63, 3.8) is 0 Å². The number of halogens is 3. The molecule has 11 heteroatoms. The van der Waals surface area contributed by atoms with E-state index in [1.54, 1.807) is 6.07 Å². The molecule has 1 aliphatic carbocycles. The van der Waals surface area contributed by atoms with Gasteiger partial charge in [-0.15, -0.1) is 0 Å². The van der Waals surface area contributed by atoms with Crippen LogP contribution >= 0.6 is 0 Å². The number of carbonyl (C=O) groups excluding carboxylic acids is 3. The van der Waals surface area contributed by atoms with Crippen molar-refractivity contribution in [1.29, 1.82) is 0 Å². The molecule has 1 aromatic carbocycles. The molecule has 0 bridgehead atoms. The molecule has 1 heterocycles. The molecule has 2 aromatic rings. The lowest BCUT2D eigenvalue weighted by atomic mass is 9.98.